The average Bonchev–Trinajstić information content (AvgIpc) is 2.42. The van der Waals surface area contributed by atoms with E-state index in [-0.39, 0.29) is 11.7 Å². The van der Waals surface area contributed by atoms with Gasteiger partial charge in [0.2, 0.25) is 0 Å². The minimum Gasteiger partial charge on any atom is -0.504 e. The van der Waals surface area contributed by atoms with Crippen molar-refractivity contribution in [2.45, 2.75) is 12.8 Å². The van der Waals surface area contributed by atoms with Gasteiger partial charge in [0.25, 0.3) is 5.91 Å². The predicted octanol–water partition coefficient (Wildman–Crippen LogP) is 2.22. The van der Waals surface area contributed by atoms with Gasteiger partial charge in [0, 0.05) is 23.6 Å². The molecule has 0 spiro atoms. The molecule has 1 amide bonds. The molecule has 0 fully saturated rings. The van der Waals surface area contributed by atoms with Crippen LogP contribution in [0.4, 0.5) is 0 Å². The Bertz CT molecular complexity index is 484. The number of nitrogens with zero attached hydrogens (tertiary/aromatic N) is 3. The lowest BCUT2D eigenvalue weighted by atomic mass is 10.2. The molecule has 2 N–H and O–H groups in total. The van der Waals surface area contributed by atoms with E-state index in [1.165, 1.54) is 19.2 Å². The zero-order valence-corrected chi connectivity index (χ0v) is 10.7. The molecule has 1 aromatic carbocycles. The Balaban J connectivity index is 2.41. The average molecular weight is 264 g/mol. The number of phenolic OH excluding ortho intramolecular Hbond substituents is 1. The highest BCUT2D eigenvalue weighted by Crippen LogP contribution is 2.25. The summed E-state index contributed by atoms with van der Waals surface area (Å²) >= 11 is 0. The summed E-state index contributed by atoms with van der Waals surface area (Å²) in [4.78, 5) is 14.4. The van der Waals surface area contributed by atoms with Crippen molar-refractivity contribution in [2.24, 2.45) is 5.11 Å². The van der Waals surface area contributed by atoms with Crippen LogP contribution in [-0.2, 0) is 0 Å². The van der Waals surface area contributed by atoms with Crippen LogP contribution in [0, 0.1) is 0 Å². The molecule has 0 radical (unpaired) electrons. The lowest BCUT2D eigenvalue weighted by Gasteiger charge is -2.07. The standard InChI is InChI=1S/C12H16N4O3/c1-19-11-5-4-9(8-10(11)17)12(18)14-6-2-3-7-15-16-13/h4-5,8,17H,2-3,6-7H2,1H3,(H,14,18). The maximum atomic E-state index is 11.7. The van der Waals surface area contributed by atoms with Crippen molar-refractivity contribution in [3.63, 3.8) is 0 Å². The number of azide groups is 1. The Kier molecular flexibility index (Phi) is 6.05. The lowest BCUT2D eigenvalue weighted by molar-refractivity contribution is 0.0952. The first-order valence-electron chi connectivity index (χ1n) is 5.85. The van der Waals surface area contributed by atoms with E-state index in [1.807, 2.05) is 0 Å². The van der Waals surface area contributed by atoms with Crippen LogP contribution in [0.3, 0.4) is 0 Å². The molecule has 1 aromatic rings. The molecule has 19 heavy (non-hydrogen) atoms. The summed E-state index contributed by atoms with van der Waals surface area (Å²) in [5.74, 6) is -0.00819. The van der Waals surface area contributed by atoms with Crippen LogP contribution >= 0.6 is 0 Å². The highest BCUT2D eigenvalue weighted by atomic mass is 16.5. The number of methoxy groups -OCH3 is 1. The number of amides is 1. The molecule has 7 nitrogen and oxygen atoms in total. The fourth-order valence-electron chi connectivity index (χ4n) is 1.49. The summed E-state index contributed by atoms with van der Waals surface area (Å²) in [6.45, 7) is 0.919. The molecule has 0 aliphatic heterocycles. The first-order valence-corrected chi connectivity index (χ1v) is 5.85. The number of unbranched alkanes of at least 4 members (excludes halogenated alkanes) is 1. The molecule has 0 unspecified atom stereocenters. The molecular weight excluding hydrogens is 248 g/mol. The molecule has 0 bridgehead atoms. The molecule has 0 aromatic heterocycles. The van der Waals surface area contributed by atoms with Gasteiger partial charge in [0.05, 0.1) is 7.11 Å². The second-order valence-corrected chi connectivity index (χ2v) is 3.80. The highest BCUT2D eigenvalue weighted by molar-refractivity contribution is 5.94. The third kappa shape index (κ3) is 4.77. The van der Waals surface area contributed by atoms with E-state index in [4.69, 9.17) is 10.3 Å². The van der Waals surface area contributed by atoms with Crippen molar-refractivity contribution in [3.8, 4) is 11.5 Å². The smallest absolute Gasteiger partial charge is 0.251 e. The van der Waals surface area contributed by atoms with Crippen LogP contribution in [0.5, 0.6) is 11.5 Å². The van der Waals surface area contributed by atoms with Crippen LogP contribution in [0.1, 0.15) is 23.2 Å². The Morgan fingerprint density at radius 3 is 2.95 bits per heavy atom. The lowest BCUT2D eigenvalue weighted by Crippen LogP contribution is -2.24. The molecule has 1 rings (SSSR count). The van der Waals surface area contributed by atoms with Gasteiger partial charge in [-0.15, -0.1) is 0 Å². The first kappa shape index (κ1) is 14.7. The largest absolute Gasteiger partial charge is 0.504 e. The maximum absolute atomic E-state index is 11.7. The number of carbonyl (C=O) groups is 1. The number of hydrogen-bond acceptors (Lipinski definition) is 4. The van der Waals surface area contributed by atoms with Crippen LogP contribution in [0.2, 0.25) is 0 Å². The summed E-state index contributed by atoms with van der Waals surface area (Å²) in [6, 6.07) is 4.47. The van der Waals surface area contributed by atoms with Gasteiger partial charge in [-0.05, 0) is 36.6 Å². The topological polar surface area (TPSA) is 107 Å². The molecular formula is C12H16N4O3. The molecule has 0 saturated heterocycles. The third-order valence-corrected chi connectivity index (χ3v) is 2.47. The van der Waals surface area contributed by atoms with Crippen LogP contribution in [-0.4, -0.2) is 31.2 Å². The zero-order valence-electron chi connectivity index (χ0n) is 10.7. The molecule has 0 atom stereocenters. The highest BCUT2D eigenvalue weighted by Gasteiger charge is 2.08. The number of aromatic hydroxyl groups is 1. The second-order valence-electron chi connectivity index (χ2n) is 3.80. The van der Waals surface area contributed by atoms with E-state index < -0.39 is 0 Å². The number of nitrogens with one attached hydrogen (secondary N) is 1. The fraction of sp³-hybridized carbons (Fsp3) is 0.417. The van der Waals surface area contributed by atoms with Crippen molar-refractivity contribution in [1.82, 2.24) is 5.32 Å². The van der Waals surface area contributed by atoms with E-state index >= 15 is 0 Å². The summed E-state index contributed by atoms with van der Waals surface area (Å²) in [7, 11) is 1.44. The SMILES string of the molecule is COc1ccc(C(=O)NCCCCN=[N+]=[N-])cc1O. The fourth-order valence-corrected chi connectivity index (χ4v) is 1.49. The number of rotatable bonds is 7. The van der Waals surface area contributed by atoms with Gasteiger partial charge in [0.1, 0.15) is 0 Å². The minimum absolute atomic E-state index is 0.0708. The van der Waals surface area contributed by atoms with Gasteiger partial charge in [-0.1, -0.05) is 5.11 Å². The van der Waals surface area contributed by atoms with E-state index in [9.17, 15) is 9.90 Å². The van der Waals surface area contributed by atoms with E-state index in [0.717, 1.165) is 12.8 Å². The Morgan fingerprint density at radius 1 is 1.53 bits per heavy atom. The molecule has 7 heteroatoms. The molecule has 102 valence electrons. The van der Waals surface area contributed by atoms with Crippen molar-refractivity contribution in [1.29, 1.82) is 0 Å². The number of phenols is 1. The van der Waals surface area contributed by atoms with Gasteiger partial charge in [-0.3, -0.25) is 4.79 Å². The minimum atomic E-state index is -0.262. The monoisotopic (exact) mass is 264 g/mol. The first-order chi connectivity index (χ1) is 9.19. The summed E-state index contributed by atoms with van der Waals surface area (Å²) < 4.78 is 4.89. The van der Waals surface area contributed by atoms with Crippen molar-refractivity contribution >= 4 is 5.91 Å². The van der Waals surface area contributed by atoms with E-state index in [0.29, 0.717) is 24.4 Å². The Labute approximate surface area is 110 Å². The van der Waals surface area contributed by atoms with Gasteiger partial charge < -0.3 is 15.2 Å². The van der Waals surface area contributed by atoms with E-state index in [2.05, 4.69) is 15.3 Å². The predicted molar refractivity (Wildman–Crippen MR) is 70.2 cm³/mol. The van der Waals surface area contributed by atoms with Crippen molar-refractivity contribution in [2.75, 3.05) is 20.2 Å². The third-order valence-electron chi connectivity index (χ3n) is 2.47. The van der Waals surface area contributed by atoms with Crippen molar-refractivity contribution in [3.05, 3.63) is 34.2 Å². The quantitative estimate of drug-likeness (QED) is 0.341. The second kappa shape index (κ2) is 7.84. The number of benzene rings is 1. The molecule has 0 aliphatic rings. The number of ether oxygens (including phenoxy) is 1. The summed E-state index contributed by atoms with van der Waals surface area (Å²) in [5.41, 5.74) is 8.45. The van der Waals surface area contributed by atoms with Crippen LogP contribution in [0.25, 0.3) is 10.4 Å². The molecule has 0 heterocycles. The van der Waals surface area contributed by atoms with Gasteiger partial charge in [-0.25, -0.2) is 0 Å². The maximum Gasteiger partial charge on any atom is 0.251 e. The van der Waals surface area contributed by atoms with Crippen molar-refractivity contribution < 1.29 is 14.6 Å². The van der Waals surface area contributed by atoms with Gasteiger partial charge in [-0.2, -0.15) is 0 Å². The summed E-state index contributed by atoms with van der Waals surface area (Å²) in [5, 5.41) is 15.7. The Hall–Kier alpha value is -2.40. The molecule has 0 saturated carbocycles. The number of hydrogen-bond donors (Lipinski definition) is 2. The number of carbonyl (C=O) groups excluding carboxylic acids is 1. The Morgan fingerprint density at radius 2 is 2.32 bits per heavy atom. The normalized spacial score (nSPS) is 9.53. The summed E-state index contributed by atoms with van der Waals surface area (Å²) in [6.07, 6.45) is 1.45. The zero-order chi connectivity index (χ0) is 14.1. The van der Waals surface area contributed by atoms with E-state index in [1.54, 1.807) is 6.07 Å². The van der Waals surface area contributed by atoms with Crippen LogP contribution in [0.15, 0.2) is 23.3 Å². The van der Waals surface area contributed by atoms with Gasteiger partial charge in [0.15, 0.2) is 11.5 Å². The van der Waals surface area contributed by atoms with Gasteiger partial charge >= 0.3 is 0 Å². The van der Waals surface area contributed by atoms with Crippen LogP contribution < -0.4 is 10.1 Å². The molecule has 0 aliphatic carbocycles.